The molecule has 1 unspecified atom stereocenters. The highest BCUT2D eigenvalue weighted by molar-refractivity contribution is 6.35. The van der Waals surface area contributed by atoms with E-state index in [4.69, 9.17) is 9.47 Å². The summed E-state index contributed by atoms with van der Waals surface area (Å²) in [4.78, 5) is 49.5. The van der Waals surface area contributed by atoms with Gasteiger partial charge in [-0.25, -0.2) is 9.59 Å². The fourth-order valence-electron chi connectivity index (χ4n) is 1.86. The maximum atomic E-state index is 12.0. The quantitative estimate of drug-likeness (QED) is 0.365. The molecule has 0 aromatic rings. The normalized spacial score (nSPS) is 15.8. The van der Waals surface area contributed by atoms with Crippen LogP contribution in [0.25, 0.3) is 0 Å². The SMILES string of the molecule is C=C(C)C(=O)OCC(CN1CCN(C)C(=O)C1=O)OC(=O)C(=C)C. The molecule has 1 aliphatic heterocycles. The molecular formula is C16H22N2O6. The van der Waals surface area contributed by atoms with Crippen LogP contribution in [0.1, 0.15) is 13.8 Å². The van der Waals surface area contributed by atoms with E-state index in [1.165, 1.54) is 30.7 Å². The number of rotatable bonds is 7. The summed E-state index contributed by atoms with van der Waals surface area (Å²) in [6.45, 7) is 10.3. The van der Waals surface area contributed by atoms with E-state index in [1.807, 2.05) is 0 Å². The van der Waals surface area contributed by atoms with Gasteiger partial charge in [-0.3, -0.25) is 9.59 Å². The standard InChI is InChI=1S/C16H22N2O6/c1-10(2)15(21)23-9-12(24-16(22)11(3)4)8-18-7-6-17(5)13(19)14(18)20/h12H,1,3,6-9H2,2,4-5H3. The molecule has 0 N–H and O–H groups in total. The number of ether oxygens (including phenoxy) is 2. The zero-order chi connectivity index (χ0) is 18.4. The molecular weight excluding hydrogens is 316 g/mol. The van der Waals surface area contributed by atoms with Crippen molar-refractivity contribution < 1.29 is 28.7 Å². The maximum Gasteiger partial charge on any atom is 0.333 e. The first kappa shape index (κ1) is 19.4. The Kier molecular flexibility index (Phi) is 6.69. The molecule has 1 fully saturated rings. The monoisotopic (exact) mass is 338 g/mol. The summed E-state index contributed by atoms with van der Waals surface area (Å²) in [5.41, 5.74) is 0.373. The fourth-order valence-corrected chi connectivity index (χ4v) is 1.86. The Morgan fingerprint density at radius 2 is 1.67 bits per heavy atom. The van der Waals surface area contributed by atoms with Crippen molar-refractivity contribution in [3.63, 3.8) is 0 Å². The van der Waals surface area contributed by atoms with Gasteiger partial charge in [0.1, 0.15) is 6.61 Å². The van der Waals surface area contributed by atoms with Crippen molar-refractivity contribution in [3.8, 4) is 0 Å². The average molecular weight is 338 g/mol. The summed E-state index contributed by atoms with van der Waals surface area (Å²) in [5.74, 6) is -2.62. The Bertz CT molecular complexity index is 583. The molecule has 0 aromatic carbocycles. The molecule has 1 rings (SSSR count). The predicted molar refractivity (Wildman–Crippen MR) is 84.7 cm³/mol. The van der Waals surface area contributed by atoms with Gasteiger partial charge in [0.2, 0.25) is 0 Å². The second-order valence-corrected chi connectivity index (χ2v) is 5.66. The van der Waals surface area contributed by atoms with Crippen molar-refractivity contribution in [2.75, 3.05) is 33.3 Å². The lowest BCUT2D eigenvalue weighted by Gasteiger charge is -2.33. The summed E-state index contributed by atoms with van der Waals surface area (Å²) in [5, 5.41) is 0. The molecule has 1 atom stereocenters. The lowest BCUT2D eigenvalue weighted by Crippen LogP contribution is -2.55. The summed E-state index contributed by atoms with van der Waals surface area (Å²) in [6, 6.07) is 0. The van der Waals surface area contributed by atoms with Crippen LogP contribution in [0.4, 0.5) is 0 Å². The van der Waals surface area contributed by atoms with Crippen LogP contribution in [0, 0.1) is 0 Å². The van der Waals surface area contributed by atoms with Crippen LogP contribution >= 0.6 is 0 Å². The van der Waals surface area contributed by atoms with Crippen LogP contribution in [0.15, 0.2) is 24.3 Å². The van der Waals surface area contributed by atoms with Crippen LogP contribution < -0.4 is 0 Å². The molecule has 8 heteroatoms. The van der Waals surface area contributed by atoms with Gasteiger partial charge >= 0.3 is 23.8 Å². The van der Waals surface area contributed by atoms with Gasteiger partial charge in [-0.1, -0.05) is 13.2 Å². The van der Waals surface area contributed by atoms with Crippen LogP contribution in [0.5, 0.6) is 0 Å². The van der Waals surface area contributed by atoms with E-state index in [1.54, 1.807) is 0 Å². The van der Waals surface area contributed by atoms with E-state index in [0.717, 1.165) is 0 Å². The molecule has 132 valence electrons. The third-order valence-electron chi connectivity index (χ3n) is 3.32. The van der Waals surface area contributed by atoms with Crippen LogP contribution in [0.3, 0.4) is 0 Å². The third kappa shape index (κ3) is 5.22. The molecule has 8 nitrogen and oxygen atoms in total. The topological polar surface area (TPSA) is 93.2 Å². The smallest absolute Gasteiger partial charge is 0.333 e. The largest absolute Gasteiger partial charge is 0.458 e. The molecule has 0 radical (unpaired) electrons. The third-order valence-corrected chi connectivity index (χ3v) is 3.32. The molecule has 1 heterocycles. The van der Waals surface area contributed by atoms with E-state index in [0.29, 0.717) is 13.1 Å². The van der Waals surface area contributed by atoms with Gasteiger partial charge in [-0.15, -0.1) is 0 Å². The molecule has 0 bridgehead atoms. The van der Waals surface area contributed by atoms with Gasteiger partial charge in [0.15, 0.2) is 6.10 Å². The van der Waals surface area contributed by atoms with Crippen LogP contribution in [-0.2, 0) is 28.7 Å². The van der Waals surface area contributed by atoms with Crippen molar-refractivity contribution in [3.05, 3.63) is 24.3 Å². The Morgan fingerprint density at radius 1 is 1.08 bits per heavy atom. The molecule has 2 amide bonds. The maximum absolute atomic E-state index is 12.0. The first-order valence-electron chi connectivity index (χ1n) is 7.37. The first-order valence-corrected chi connectivity index (χ1v) is 7.37. The highest BCUT2D eigenvalue weighted by Crippen LogP contribution is 2.09. The van der Waals surface area contributed by atoms with Gasteiger partial charge in [0.05, 0.1) is 6.54 Å². The molecule has 1 aliphatic rings. The highest BCUT2D eigenvalue weighted by Gasteiger charge is 2.33. The molecule has 0 saturated carbocycles. The molecule has 0 spiro atoms. The van der Waals surface area contributed by atoms with E-state index in [2.05, 4.69) is 13.2 Å². The summed E-state index contributed by atoms with van der Waals surface area (Å²) in [6.07, 6.45) is -0.905. The van der Waals surface area contributed by atoms with E-state index < -0.39 is 29.9 Å². The van der Waals surface area contributed by atoms with Crippen molar-refractivity contribution in [1.82, 2.24) is 9.80 Å². The summed E-state index contributed by atoms with van der Waals surface area (Å²) >= 11 is 0. The van der Waals surface area contributed by atoms with Gasteiger partial charge in [-0.2, -0.15) is 0 Å². The lowest BCUT2D eigenvalue weighted by atomic mass is 10.2. The van der Waals surface area contributed by atoms with Gasteiger partial charge in [-0.05, 0) is 13.8 Å². The first-order chi connectivity index (χ1) is 11.1. The Morgan fingerprint density at radius 3 is 2.21 bits per heavy atom. The van der Waals surface area contributed by atoms with Crippen LogP contribution in [-0.4, -0.2) is 72.9 Å². The Labute approximate surface area is 140 Å². The average Bonchev–Trinajstić information content (AvgIpc) is 2.52. The molecule has 24 heavy (non-hydrogen) atoms. The van der Waals surface area contributed by atoms with Crippen molar-refractivity contribution in [2.24, 2.45) is 0 Å². The second-order valence-electron chi connectivity index (χ2n) is 5.66. The van der Waals surface area contributed by atoms with Gasteiger partial charge in [0.25, 0.3) is 0 Å². The second kappa shape index (κ2) is 8.28. The fraction of sp³-hybridized carbons (Fsp3) is 0.500. The Hall–Kier alpha value is -2.64. The predicted octanol–water partition coefficient (Wildman–Crippen LogP) is -0.106. The molecule has 0 aliphatic carbocycles. The van der Waals surface area contributed by atoms with Crippen molar-refractivity contribution >= 4 is 23.8 Å². The number of nitrogens with zero attached hydrogens (tertiary/aromatic N) is 2. The highest BCUT2D eigenvalue weighted by atomic mass is 16.6. The van der Waals surface area contributed by atoms with Gasteiger partial charge in [0, 0.05) is 31.3 Å². The van der Waals surface area contributed by atoms with E-state index in [-0.39, 0.29) is 24.3 Å². The van der Waals surface area contributed by atoms with E-state index in [9.17, 15) is 19.2 Å². The van der Waals surface area contributed by atoms with E-state index >= 15 is 0 Å². The number of carbonyl (C=O) groups excluding carboxylic acids is 4. The number of carbonyl (C=O) groups is 4. The summed E-state index contributed by atoms with van der Waals surface area (Å²) in [7, 11) is 1.53. The number of likely N-dealkylation sites (N-methyl/N-ethyl adjacent to an activating group) is 1. The minimum atomic E-state index is -0.905. The van der Waals surface area contributed by atoms with Crippen molar-refractivity contribution in [1.29, 1.82) is 0 Å². The molecule has 0 aromatic heterocycles. The minimum Gasteiger partial charge on any atom is -0.458 e. The van der Waals surface area contributed by atoms with Crippen molar-refractivity contribution in [2.45, 2.75) is 20.0 Å². The molecule has 1 saturated heterocycles. The number of piperazine rings is 1. The minimum absolute atomic E-state index is 0.0547. The lowest BCUT2D eigenvalue weighted by molar-refractivity contribution is -0.161. The summed E-state index contributed by atoms with van der Waals surface area (Å²) < 4.78 is 10.2. The number of hydrogen-bond acceptors (Lipinski definition) is 6. The number of amides is 2. The Balaban J connectivity index is 2.76. The van der Waals surface area contributed by atoms with Gasteiger partial charge < -0.3 is 19.3 Å². The zero-order valence-electron chi connectivity index (χ0n) is 14.2. The number of hydrogen-bond donors (Lipinski definition) is 0. The number of esters is 2. The zero-order valence-corrected chi connectivity index (χ0v) is 14.2. The van der Waals surface area contributed by atoms with Crippen LogP contribution in [0.2, 0.25) is 0 Å².